The van der Waals surface area contributed by atoms with Crippen molar-refractivity contribution < 1.29 is 52.8 Å². The van der Waals surface area contributed by atoms with Crippen LogP contribution in [0.1, 0.15) is 19.8 Å². The van der Waals surface area contributed by atoms with Gasteiger partial charge in [0.2, 0.25) is 0 Å². The van der Waals surface area contributed by atoms with Crippen molar-refractivity contribution in [2.24, 2.45) is 0 Å². The van der Waals surface area contributed by atoms with Crippen LogP contribution >= 0.6 is 0 Å². The maximum absolute atomic E-state index is 3.60. The van der Waals surface area contributed by atoms with E-state index < -0.39 is 0 Å². The van der Waals surface area contributed by atoms with Crippen molar-refractivity contribution in [2.75, 3.05) is 0 Å². The van der Waals surface area contributed by atoms with Gasteiger partial charge in [0.15, 0.2) is 0 Å². The second kappa shape index (κ2) is 34.6. The molecule has 0 atom stereocenters. The summed E-state index contributed by atoms with van der Waals surface area (Å²) in [5.74, 6) is 0. The summed E-state index contributed by atoms with van der Waals surface area (Å²) in [4.78, 5) is 0. The molecule has 42 valence electrons. The molecule has 0 N–H and O–H groups in total. The van der Waals surface area contributed by atoms with Crippen molar-refractivity contribution in [2.45, 2.75) is 19.8 Å². The summed E-state index contributed by atoms with van der Waals surface area (Å²) in [5.41, 5.74) is 0. The second-order valence-corrected chi connectivity index (χ2v) is 0.854. The Morgan fingerprint density at radius 2 is 1.38 bits per heavy atom. The van der Waals surface area contributed by atoms with Crippen LogP contribution in [0.15, 0.2) is 0 Å². The third-order valence-electron chi connectivity index (χ3n) is 0.354. The second-order valence-electron chi connectivity index (χ2n) is 0.854. The summed E-state index contributed by atoms with van der Waals surface area (Å²) < 4.78 is 0. The van der Waals surface area contributed by atoms with Crippen LogP contribution in [-0.4, -0.2) is 23.1 Å². The zero-order valence-corrected chi connectivity index (χ0v) is 10.2. The van der Waals surface area contributed by atoms with E-state index in [0.717, 1.165) is 6.42 Å². The third-order valence-corrected chi connectivity index (χ3v) is 0.354. The van der Waals surface area contributed by atoms with Gasteiger partial charge in [0.25, 0.3) is 0 Å². The van der Waals surface area contributed by atoms with Crippen molar-refractivity contribution in [3.05, 3.63) is 6.92 Å². The standard InChI is InChI=1S/C4H9.2BrH.Li.Mg/c1-3-4-2;;;;/h1,3-4H2,2H3;2*1H;;/q-1;;;+1;+2/p-2. The van der Waals surface area contributed by atoms with E-state index >= 15 is 0 Å². The zero-order chi connectivity index (χ0) is 3.41. The summed E-state index contributed by atoms with van der Waals surface area (Å²) in [7, 11) is 0. The summed E-state index contributed by atoms with van der Waals surface area (Å²) in [5, 5.41) is 0. The molecule has 0 bridgehead atoms. The molecule has 0 aliphatic heterocycles. The van der Waals surface area contributed by atoms with Crippen molar-refractivity contribution in [1.82, 2.24) is 0 Å². The molecule has 0 unspecified atom stereocenters. The molecule has 4 heteroatoms. The first-order chi connectivity index (χ1) is 1.91. The Morgan fingerprint density at radius 1 is 1.25 bits per heavy atom. The Kier molecular flexibility index (Phi) is 137. The maximum atomic E-state index is 3.60. The molecule has 0 fully saturated rings. The van der Waals surface area contributed by atoms with Crippen LogP contribution in [0, 0.1) is 6.92 Å². The van der Waals surface area contributed by atoms with Gasteiger partial charge in [0.05, 0.1) is 0 Å². The molecule has 0 radical (unpaired) electrons. The molecule has 0 nitrogen and oxygen atoms in total. The van der Waals surface area contributed by atoms with Crippen LogP contribution in [0.25, 0.3) is 0 Å². The first kappa shape index (κ1) is 31.7. The normalized spacial score (nSPS) is 3.75. The van der Waals surface area contributed by atoms with Crippen molar-refractivity contribution in [1.29, 1.82) is 0 Å². The molecular formula is C4H9Br2LiMg. The monoisotopic (exact) mass is 246 g/mol. The van der Waals surface area contributed by atoms with E-state index in [9.17, 15) is 0 Å². The molecule has 0 rings (SSSR count). The van der Waals surface area contributed by atoms with Crippen molar-refractivity contribution >= 4 is 23.1 Å². The fourth-order valence-electron chi connectivity index (χ4n) is 0. The quantitative estimate of drug-likeness (QED) is 0.319. The van der Waals surface area contributed by atoms with Gasteiger partial charge in [-0.25, -0.2) is 0 Å². The fraction of sp³-hybridized carbons (Fsp3) is 0.750. The van der Waals surface area contributed by atoms with Gasteiger partial charge in [-0.3, -0.25) is 0 Å². The number of rotatable bonds is 1. The first-order valence-electron chi connectivity index (χ1n) is 1.71. The fourth-order valence-corrected chi connectivity index (χ4v) is 0. The minimum atomic E-state index is 0. The smallest absolute Gasteiger partial charge is 1.00 e. The largest absolute Gasteiger partial charge is 2.00 e. The number of halogens is 2. The van der Waals surface area contributed by atoms with Crippen LogP contribution in [-0.2, 0) is 0 Å². The minimum Gasteiger partial charge on any atom is -1.00 e. The molecule has 0 aliphatic carbocycles. The average molecular weight is 248 g/mol. The van der Waals surface area contributed by atoms with Crippen molar-refractivity contribution in [3.63, 3.8) is 0 Å². The summed E-state index contributed by atoms with van der Waals surface area (Å²) in [6.45, 7) is 5.72. The van der Waals surface area contributed by atoms with Gasteiger partial charge < -0.3 is 40.9 Å². The molecule has 0 amide bonds. The summed E-state index contributed by atoms with van der Waals surface area (Å²) in [6.07, 6.45) is 2.28. The van der Waals surface area contributed by atoms with E-state index in [4.69, 9.17) is 0 Å². The van der Waals surface area contributed by atoms with Crippen LogP contribution in [0.3, 0.4) is 0 Å². The predicted molar refractivity (Wildman–Crippen MR) is 26.0 cm³/mol. The number of unbranched alkanes of at least 4 members (excludes halogenated alkanes) is 1. The Labute approximate surface area is 101 Å². The minimum absolute atomic E-state index is 0. The molecule has 0 spiro atoms. The number of hydrogen-bond acceptors (Lipinski definition) is 0. The maximum Gasteiger partial charge on any atom is 2.00 e. The van der Waals surface area contributed by atoms with E-state index in [1.807, 2.05) is 0 Å². The Balaban J connectivity index is -0.00000000750. The van der Waals surface area contributed by atoms with Gasteiger partial charge in [-0.2, -0.15) is 6.42 Å². The Morgan fingerprint density at radius 3 is 1.38 bits per heavy atom. The molecule has 0 aliphatic rings. The Bertz CT molecular complexity index is 16.0. The van der Waals surface area contributed by atoms with Crippen LogP contribution in [0.4, 0.5) is 0 Å². The van der Waals surface area contributed by atoms with Gasteiger partial charge >= 0.3 is 41.9 Å². The zero-order valence-electron chi connectivity index (χ0n) is 5.58. The van der Waals surface area contributed by atoms with E-state index in [0.29, 0.717) is 0 Å². The van der Waals surface area contributed by atoms with Gasteiger partial charge in [-0.05, 0) is 0 Å². The van der Waals surface area contributed by atoms with E-state index in [2.05, 4.69) is 13.8 Å². The predicted octanol–water partition coefficient (Wildman–Crippen LogP) is -7.75. The van der Waals surface area contributed by atoms with Gasteiger partial charge in [0.1, 0.15) is 0 Å². The van der Waals surface area contributed by atoms with Gasteiger partial charge in [0, 0.05) is 0 Å². The molecule has 0 heterocycles. The molecular weight excluding hydrogens is 239 g/mol. The van der Waals surface area contributed by atoms with Crippen LogP contribution < -0.4 is 52.8 Å². The molecule has 0 aromatic heterocycles. The molecule has 0 saturated heterocycles. The third kappa shape index (κ3) is 40.4. The Hall–Kier alpha value is 2.32. The average Bonchev–Trinajstić information content (AvgIpc) is 1.37. The molecule has 0 aromatic rings. The first-order valence-corrected chi connectivity index (χ1v) is 1.71. The van der Waals surface area contributed by atoms with Crippen LogP contribution in [0.2, 0.25) is 0 Å². The summed E-state index contributed by atoms with van der Waals surface area (Å²) >= 11 is 0. The van der Waals surface area contributed by atoms with E-state index in [-0.39, 0.29) is 75.9 Å². The van der Waals surface area contributed by atoms with Gasteiger partial charge in [-0.1, -0.05) is 13.3 Å². The van der Waals surface area contributed by atoms with Crippen LogP contribution in [0.5, 0.6) is 0 Å². The SMILES string of the molecule is [Br-].[Br-].[CH2-]CCC.[Li+].[Mg+2]. The van der Waals surface area contributed by atoms with Crippen molar-refractivity contribution in [3.8, 4) is 0 Å². The molecule has 0 aromatic carbocycles. The molecule has 0 saturated carbocycles. The molecule has 8 heavy (non-hydrogen) atoms. The van der Waals surface area contributed by atoms with E-state index in [1.165, 1.54) is 6.42 Å². The summed E-state index contributed by atoms with van der Waals surface area (Å²) in [6, 6.07) is 0. The van der Waals surface area contributed by atoms with E-state index in [1.54, 1.807) is 0 Å². The number of hydrogen-bond donors (Lipinski definition) is 0. The topological polar surface area (TPSA) is 0 Å². The van der Waals surface area contributed by atoms with Gasteiger partial charge in [-0.15, -0.1) is 0 Å².